The minimum atomic E-state index is -1.19. The third-order valence-electron chi connectivity index (χ3n) is 0.561. The van der Waals surface area contributed by atoms with Crippen LogP contribution < -0.4 is 0 Å². The van der Waals surface area contributed by atoms with E-state index in [0.717, 1.165) is 12.3 Å². The molecule has 0 saturated carbocycles. The smallest absolute Gasteiger partial charge is 0.335 e. The van der Waals surface area contributed by atoms with Crippen molar-refractivity contribution in [3.63, 3.8) is 0 Å². The molecule has 0 rings (SSSR count). The number of carbonyl (C=O) groups excluding carboxylic acids is 1. The van der Waals surface area contributed by atoms with E-state index in [1.165, 1.54) is 0 Å². The Morgan fingerprint density at radius 1 is 1.40 bits per heavy atom. The summed E-state index contributed by atoms with van der Waals surface area (Å²) in [5.74, 6) is -1.95. The highest BCUT2D eigenvalue weighted by molar-refractivity contribution is 5.90. The summed E-state index contributed by atoms with van der Waals surface area (Å²) in [6.07, 6.45) is 2.41. The van der Waals surface area contributed by atoms with Gasteiger partial charge in [0.05, 0.1) is 6.26 Å². The second-order valence-electron chi connectivity index (χ2n) is 1.28. The van der Waals surface area contributed by atoms with Crippen LogP contribution in [0.4, 0.5) is 0 Å². The van der Waals surface area contributed by atoms with Gasteiger partial charge in [0.1, 0.15) is 0 Å². The van der Waals surface area contributed by atoms with E-state index in [-0.39, 0.29) is 0 Å². The zero-order valence-electron chi connectivity index (χ0n) is 5.11. The summed E-state index contributed by atoms with van der Waals surface area (Å²) >= 11 is 0. The van der Waals surface area contributed by atoms with Crippen molar-refractivity contribution in [2.45, 2.75) is 0 Å². The molecule has 0 atom stereocenters. The van der Waals surface area contributed by atoms with Gasteiger partial charge in [0.2, 0.25) is 0 Å². The van der Waals surface area contributed by atoms with Gasteiger partial charge in [0, 0.05) is 12.2 Å². The average molecular weight is 142 g/mol. The van der Waals surface area contributed by atoms with E-state index in [1.807, 2.05) is 0 Å². The highest BCUT2D eigenvalue weighted by atomic mass is 16.5. The number of hydrogen-bond acceptors (Lipinski definition) is 3. The summed E-state index contributed by atoms with van der Waals surface area (Å²) in [5, 5.41) is 8.01. The van der Waals surface area contributed by atoms with E-state index in [2.05, 4.69) is 11.3 Å². The van der Waals surface area contributed by atoms with Crippen LogP contribution in [0.15, 0.2) is 25.0 Å². The van der Waals surface area contributed by atoms with Crippen LogP contribution in [-0.2, 0) is 14.3 Å². The number of esters is 1. The number of carbonyl (C=O) groups is 2. The van der Waals surface area contributed by atoms with Gasteiger partial charge in [0.25, 0.3) is 0 Å². The van der Waals surface area contributed by atoms with Crippen LogP contribution in [0.5, 0.6) is 0 Å². The largest absolute Gasteiger partial charge is 0.478 e. The van der Waals surface area contributed by atoms with Crippen LogP contribution in [0.3, 0.4) is 0 Å². The van der Waals surface area contributed by atoms with E-state index in [9.17, 15) is 9.59 Å². The van der Waals surface area contributed by atoms with E-state index < -0.39 is 11.9 Å². The first-order valence-electron chi connectivity index (χ1n) is 2.39. The number of rotatable bonds is 3. The number of hydrogen-bond donors (Lipinski definition) is 1. The molecule has 10 heavy (non-hydrogen) atoms. The van der Waals surface area contributed by atoms with Crippen LogP contribution in [-0.4, -0.2) is 17.0 Å². The highest BCUT2D eigenvalue weighted by Gasteiger charge is 1.93. The molecule has 0 aliphatic carbocycles. The van der Waals surface area contributed by atoms with Crippen molar-refractivity contribution in [3.05, 3.63) is 25.0 Å². The first-order chi connectivity index (χ1) is 4.66. The van der Waals surface area contributed by atoms with Gasteiger partial charge < -0.3 is 9.84 Å². The van der Waals surface area contributed by atoms with Crippen molar-refractivity contribution >= 4 is 11.9 Å². The summed E-state index contributed by atoms with van der Waals surface area (Å²) in [4.78, 5) is 20.1. The summed E-state index contributed by atoms with van der Waals surface area (Å²) in [6.45, 7) is 3.10. The fourth-order valence-electron chi connectivity index (χ4n) is 0.261. The molecule has 0 spiro atoms. The Labute approximate surface area is 57.4 Å². The van der Waals surface area contributed by atoms with E-state index in [1.54, 1.807) is 0 Å². The van der Waals surface area contributed by atoms with Gasteiger partial charge in [-0.1, -0.05) is 6.58 Å². The lowest BCUT2D eigenvalue weighted by Gasteiger charge is -1.87. The van der Waals surface area contributed by atoms with Crippen LogP contribution >= 0.6 is 0 Å². The highest BCUT2D eigenvalue weighted by Crippen LogP contribution is 1.80. The summed E-state index contributed by atoms with van der Waals surface area (Å²) < 4.78 is 4.17. The molecule has 0 amide bonds. The molecule has 0 radical (unpaired) electrons. The molecule has 0 aromatic carbocycles. The molecule has 0 aliphatic rings. The quantitative estimate of drug-likeness (QED) is 0.350. The first-order valence-corrected chi connectivity index (χ1v) is 2.39. The molecule has 0 fully saturated rings. The van der Waals surface area contributed by atoms with Crippen molar-refractivity contribution < 1.29 is 19.4 Å². The maximum absolute atomic E-state index is 10.3. The van der Waals surface area contributed by atoms with Gasteiger partial charge in [-0.3, -0.25) is 0 Å². The van der Waals surface area contributed by atoms with Crippen LogP contribution in [0, 0.1) is 0 Å². The second kappa shape index (κ2) is 4.31. The Kier molecular flexibility index (Phi) is 3.63. The topological polar surface area (TPSA) is 63.6 Å². The maximum Gasteiger partial charge on any atom is 0.335 e. The van der Waals surface area contributed by atoms with E-state index >= 15 is 0 Å². The molecule has 0 aliphatic heterocycles. The minimum absolute atomic E-state index is 0.686. The average Bonchev–Trinajstić information content (AvgIpc) is 1.85. The van der Waals surface area contributed by atoms with Gasteiger partial charge in [-0.2, -0.15) is 0 Å². The van der Waals surface area contributed by atoms with Crippen LogP contribution in [0.2, 0.25) is 0 Å². The van der Waals surface area contributed by atoms with E-state index in [4.69, 9.17) is 5.11 Å². The number of aliphatic carboxylic acids is 1. The van der Waals surface area contributed by atoms with Gasteiger partial charge in [-0.25, -0.2) is 9.59 Å². The molecule has 0 aromatic rings. The molecule has 0 bridgehead atoms. The normalized spacial score (nSPS) is 9.20. The summed E-state index contributed by atoms with van der Waals surface area (Å²) in [6, 6.07) is 0. The Hall–Kier alpha value is -1.58. The molecule has 0 aromatic heterocycles. The van der Waals surface area contributed by atoms with Gasteiger partial charge in [-0.05, 0) is 0 Å². The SMILES string of the molecule is C=COC(=O)/C=C\C(=O)O. The minimum Gasteiger partial charge on any atom is -0.478 e. The van der Waals surface area contributed by atoms with Crippen LogP contribution in [0.25, 0.3) is 0 Å². The van der Waals surface area contributed by atoms with Crippen molar-refractivity contribution in [1.29, 1.82) is 0 Å². The summed E-state index contributed by atoms with van der Waals surface area (Å²) in [5.41, 5.74) is 0. The molecular weight excluding hydrogens is 136 g/mol. The Morgan fingerprint density at radius 2 is 2.00 bits per heavy atom. The van der Waals surface area contributed by atoms with Crippen LogP contribution in [0.1, 0.15) is 0 Å². The lowest BCUT2D eigenvalue weighted by atomic mass is 10.5. The molecule has 0 unspecified atom stereocenters. The molecule has 4 heteroatoms. The Bertz CT molecular complexity index is 180. The lowest BCUT2D eigenvalue weighted by Crippen LogP contribution is -1.95. The fraction of sp³-hybridized carbons (Fsp3) is 0. The van der Waals surface area contributed by atoms with Gasteiger partial charge >= 0.3 is 11.9 Å². The molecule has 0 heterocycles. The maximum atomic E-state index is 10.3. The van der Waals surface area contributed by atoms with Crippen molar-refractivity contribution in [2.24, 2.45) is 0 Å². The molecule has 1 N–H and O–H groups in total. The summed E-state index contributed by atoms with van der Waals surface area (Å²) in [7, 11) is 0. The van der Waals surface area contributed by atoms with Crippen molar-refractivity contribution in [2.75, 3.05) is 0 Å². The standard InChI is InChI=1S/C6H6O4/c1-2-10-6(9)4-3-5(7)8/h2-4H,1H2,(H,7,8)/b4-3-. The molecular formula is C6H6O4. The predicted molar refractivity (Wildman–Crippen MR) is 33.1 cm³/mol. The third-order valence-corrected chi connectivity index (χ3v) is 0.561. The number of carboxylic acids is 1. The molecule has 54 valence electrons. The number of ether oxygens (including phenoxy) is 1. The Morgan fingerprint density at radius 3 is 2.40 bits per heavy atom. The Balaban J connectivity index is 3.77. The number of carboxylic acid groups (broad SMARTS) is 1. The van der Waals surface area contributed by atoms with E-state index in [0.29, 0.717) is 6.08 Å². The van der Waals surface area contributed by atoms with Gasteiger partial charge in [0.15, 0.2) is 0 Å². The fourth-order valence-corrected chi connectivity index (χ4v) is 0.261. The van der Waals surface area contributed by atoms with Crippen molar-refractivity contribution in [1.82, 2.24) is 0 Å². The second-order valence-corrected chi connectivity index (χ2v) is 1.28. The molecule has 4 nitrogen and oxygen atoms in total. The predicted octanol–water partition coefficient (Wildman–Crippen LogP) is 0.314. The monoisotopic (exact) mass is 142 g/mol. The van der Waals surface area contributed by atoms with Crippen molar-refractivity contribution in [3.8, 4) is 0 Å². The zero-order chi connectivity index (χ0) is 7.98. The zero-order valence-corrected chi connectivity index (χ0v) is 5.11. The van der Waals surface area contributed by atoms with Gasteiger partial charge in [-0.15, -0.1) is 0 Å². The lowest BCUT2D eigenvalue weighted by molar-refractivity contribution is -0.134. The first kappa shape index (κ1) is 8.42. The third kappa shape index (κ3) is 4.58. The molecule has 0 saturated heterocycles.